The van der Waals surface area contributed by atoms with Crippen LogP contribution in [0, 0.1) is 0 Å². The van der Waals surface area contributed by atoms with Crippen molar-refractivity contribution in [1.29, 1.82) is 0 Å². The minimum absolute atomic E-state index is 0.115. The lowest BCUT2D eigenvalue weighted by Crippen LogP contribution is -2.47. The summed E-state index contributed by atoms with van der Waals surface area (Å²) in [6, 6.07) is 6.79. The van der Waals surface area contributed by atoms with E-state index < -0.39 is 6.04 Å². The zero-order chi connectivity index (χ0) is 16.9. The van der Waals surface area contributed by atoms with Gasteiger partial charge in [-0.05, 0) is 49.8 Å². The number of nitrogens with two attached hydrogens (primary N) is 1. The second-order valence-corrected chi connectivity index (χ2v) is 6.40. The second-order valence-electron chi connectivity index (χ2n) is 6.40. The number of phenolic OH excluding ortho intramolecular Hbond substituents is 1. The van der Waals surface area contributed by atoms with E-state index in [0.717, 1.165) is 31.2 Å². The van der Waals surface area contributed by atoms with Crippen molar-refractivity contribution in [3.8, 4) is 5.75 Å². The highest BCUT2D eigenvalue weighted by Gasteiger charge is 2.25. The molecular formula is C17H23N5O2. The van der Waals surface area contributed by atoms with Crippen LogP contribution in [0.4, 0.5) is 0 Å². The van der Waals surface area contributed by atoms with Crippen molar-refractivity contribution >= 4 is 5.91 Å². The van der Waals surface area contributed by atoms with E-state index in [2.05, 4.69) is 15.5 Å². The summed E-state index contributed by atoms with van der Waals surface area (Å²) in [6.45, 7) is 0. The molecule has 3 rings (SSSR count). The Bertz CT molecular complexity index is 648. The molecule has 1 aromatic carbocycles. The van der Waals surface area contributed by atoms with Crippen LogP contribution in [0.25, 0.3) is 0 Å². The third-order valence-electron chi connectivity index (χ3n) is 4.63. The van der Waals surface area contributed by atoms with Crippen LogP contribution in [-0.4, -0.2) is 37.9 Å². The molecule has 24 heavy (non-hydrogen) atoms. The molecule has 0 spiro atoms. The average molecular weight is 329 g/mol. The highest BCUT2D eigenvalue weighted by atomic mass is 16.3. The van der Waals surface area contributed by atoms with Crippen molar-refractivity contribution in [3.05, 3.63) is 42.5 Å². The van der Waals surface area contributed by atoms with Gasteiger partial charge in [-0.3, -0.25) is 4.79 Å². The summed E-state index contributed by atoms with van der Waals surface area (Å²) >= 11 is 0. The molecule has 7 nitrogen and oxygen atoms in total. The van der Waals surface area contributed by atoms with E-state index in [-0.39, 0.29) is 17.7 Å². The third kappa shape index (κ3) is 4.11. The number of nitrogens with one attached hydrogen (secondary N) is 1. The number of aromatic hydroxyl groups is 1. The van der Waals surface area contributed by atoms with Crippen molar-refractivity contribution in [2.75, 3.05) is 0 Å². The minimum atomic E-state index is -0.579. The van der Waals surface area contributed by atoms with Crippen LogP contribution in [0.15, 0.2) is 36.9 Å². The molecule has 0 radical (unpaired) electrons. The largest absolute Gasteiger partial charge is 0.508 e. The highest BCUT2D eigenvalue weighted by Crippen LogP contribution is 2.28. The van der Waals surface area contributed by atoms with Crippen LogP contribution in [0.5, 0.6) is 5.75 Å². The molecule has 128 valence electrons. The summed E-state index contributed by atoms with van der Waals surface area (Å²) in [5.74, 6) is 0.0949. The Balaban J connectivity index is 1.46. The predicted molar refractivity (Wildman–Crippen MR) is 89.2 cm³/mol. The molecule has 1 fully saturated rings. The first kappa shape index (κ1) is 16.4. The predicted octanol–water partition coefficient (Wildman–Crippen LogP) is 1.15. The number of benzene rings is 1. The molecule has 1 saturated carbocycles. The van der Waals surface area contributed by atoms with Crippen LogP contribution in [0.1, 0.15) is 37.3 Å². The molecule has 0 aliphatic heterocycles. The Morgan fingerprint density at radius 3 is 2.46 bits per heavy atom. The normalized spacial score (nSPS) is 22.0. The van der Waals surface area contributed by atoms with Gasteiger partial charge in [0.15, 0.2) is 0 Å². The first-order valence-corrected chi connectivity index (χ1v) is 8.30. The van der Waals surface area contributed by atoms with E-state index >= 15 is 0 Å². The molecule has 1 aromatic heterocycles. The van der Waals surface area contributed by atoms with E-state index in [1.54, 1.807) is 36.9 Å². The van der Waals surface area contributed by atoms with E-state index in [9.17, 15) is 9.90 Å². The molecule has 7 heteroatoms. The van der Waals surface area contributed by atoms with Crippen LogP contribution >= 0.6 is 0 Å². The number of aromatic nitrogens is 3. The standard InChI is InChI=1S/C17H23N5O2/c18-16(9-12-1-7-15(23)8-2-12)17(24)21-13-3-5-14(6-4-13)22-10-19-20-11-22/h1-2,7-8,10-11,13-14,16,23H,3-6,9,18H2,(H,21,24)/t13?,14?,16-/m0/s1. The van der Waals surface area contributed by atoms with Crippen LogP contribution in [0.3, 0.4) is 0 Å². The van der Waals surface area contributed by atoms with E-state index in [1.165, 1.54) is 0 Å². The number of phenols is 1. The monoisotopic (exact) mass is 329 g/mol. The van der Waals surface area contributed by atoms with Crippen LogP contribution < -0.4 is 11.1 Å². The van der Waals surface area contributed by atoms with Crippen molar-refractivity contribution < 1.29 is 9.90 Å². The second kappa shape index (κ2) is 7.44. The molecule has 0 unspecified atom stereocenters. The maximum atomic E-state index is 12.3. The molecule has 2 aromatic rings. The number of hydrogen-bond donors (Lipinski definition) is 3. The molecule has 1 heterocycles. The smallest absolute Gasteiger partial charge is 0.237 e. The first-order chi connectivity index (χ1) is 11.6. The molecule has 1 aliphatic rings. The minimum Gasteiger partial charge on any atom is -0.508 e. The molecule has 1 aliphatic carbocycles. The fourth-order valence-electron chi connectivity index (χ4n) is 3.20. The number of nitrogens with zero attached hydrogens (tertiary/aromatic N) is 3. The molecule has 0 bridgehead atoms. The van der Waals surface area contributed by atoms with Gasteiger partial charge in [0.1, 0.15) is 18.4 Å². The van der Waals surface area contributed by atoms with Gasteiger partial charge in [-0.15, -0.1) is 10.2 Å². The lowest BCUT2D eigenvalue weighted by Gasteiger charge is -2.30. The maximum Gasteiger partial charge on any atom is 0.237 e. The van der Waals surface area contributed by atoms with E-state index in [4.69, 9.17) is 5.73 Å². The lowest BCUT2D eigenvalue weighted by atomic mass is 9.90. The highest BCUT2D eigenvalue weighted by molar-refractivity contribution is 5.82. The van der Waals surface area contributed by atoms with Crippen molar-refractivity contribution in [2.24, 2.45) is 5.73 Å². The summed E-state index contributed by atoms with van der Waals surface area (Å²) in [6.07, 6.45) is 7.81. The van der Waals surface area contributed by atoms with Gasteiger partial charge in [0.05, 0.1) is 6.04 Å². The average Bonchev–Trinajstić information content (AvgIpc) is 3.12. The Kier molecular flexibility index (Phi) is 5.10. The topological polar surface area (TPSA) is 106 Å². The van der Waals surface area contributed by atoms with Crippen molar-refractivity contribution in [3.63, 3.8) is 0 Å². The Morgan fingerprint density at radius 1 is 1.21 bits per heavy atom. The Hall–Kier alpha value is -2.41. The summed E-state index contributed by atoms with van der Waals surface area (Å²) in [7, 11) is 0. The molecule has 1 atom stereocenters. The van der Waals surface area contributed by atoms with Gasteiger partial charge in [-0.25, -0.2) is 0 Å². The summed E-state index contributed by atoms with van der Waals surface area (Å²) < 4.78 is 2.04. The van der Waals surface area contributed by atoms with Gasteiger partial charge in [0.25, 0.3) is 0 Å². The molecule has 1 amide bonds. The maximum absolute atomic E-state index is 12.3. The molecule has 0 saturated heterocycles. The summed E-state index contributed by atoms with van der Waals surface area (Å²) in [4.78, 5) is 12.3. The van der Waals surface area contributed by atoms with Crippen molar-refractivity contribution in [1.82, 2.24) is 20.1 Å². The van der Waals surface area contributed by atoms with E-state index in [0.29, 0.717) is 12.5 Å². The molecular weight excluding hydrogens is 306 g/mol. The lowest BCUT2D eigenvalue weighted by molar-refractivity contribution is -0.123. The number of carbonyl (C=O) groups excluding carboxylic acids is 1. The van der Waals surface area contributed by atoms with Gasteiger partial charge >= 0.3 is 0 Å². The number of hydrogen-bond acceptors (Lipinski definition) is 5. The number of rotatable bonds is 5. The van der Waals surface area contributed by atoms with Gasteiger partial charge < -0.3 is 20.7 Å². The van der Waals surface area contributed by atoms with Gasteiger partial charge in [-0.1, -0.05) is 12.1 Å². The zero-order valence-electron chi connectivity index (χ0n) is 13.5. The van der Waals surface area contributed by atoms with Crippen molar-refractivity contribution in [2.45, 2.75) is 50.2 Å². The number of carbonyl (C=O) groups is 1. The molecule has 4 N–H and O–H groups in total. The van der Waals surface area contributed by atoms with Gasteiger partial charge in [-0.2, -0.15) is 0 Å². The SMILES string of the molecule is N[C@@H](Cc1ccc(O)cc1)C(=O)NC1CCC(n2cnnc2)CC1. The quantitative estimate of drug-likeness (QED) is 0.763. The van der Waals surface area contributed by atoms with Gasteiger partial charge in [0, 0.05) is 12.1 Å². The Morgan fingerprint density at radius 2 is 1.83 bits per heavy atom. The van der Waals surface area contributed by atoms with Crippen LogP contribution in [0.2, 0.25) is 0 Å². The fourth-order valence-corrected chi connectivity index (χ4v) is 3.20. The summed E-state index contributed by atoms with van der Waals surface area (Å²) in [5, 5.41) is 20.0. The zero-order valence-corrected chi connectivity index (χ0v) is 13.5. The number of amides is 1. The van der Waals surface area contributed by atoms with E-state index in [1.807, 2.05) is 4.57 Å². The third-order valence-corrected chi connectivity index (χ3v) is 4.63. The van der Waals surface area contributed by atoms with Gasteiger partial charge in [0.2, 0.25) is 5.91 Å². The van der Waals surface area contributed by atoms with Crippen LogP contribution in [-0.2, 0) is 11.2 Å². The Labute approximate surface area is 140 Å². The fraction of sp³-hybridized carbons (Fsp3) is 0.471. The summed E-state index contributed by atoms with van der Waals surface area (Å²) in [5.41, 5.74) is 6.95. The first-order valence-electron chi connectivity index (χ1n) is 8.30.